The van der Waals surface area contributed by atoms with Crippen molar-refractivity contribution in [3.63, 3.8) is 0 Å². The Kier molecular flexibility index (Phi) is 8.36. The molecule has 0 bridgehead atoms. The number of methoxy groups -OCH3 is 2. The summed E-state index contributed by atoms with van der Waals surface area (Å²) in [6.07, 6.45) is 5.45. The van der Waals surface area contributed by atoms with Crippen LogP contribution in [0.3, 0.4) is 0 Å². The summed E-state index contributed by atoms with van der Waals surface area (Å²) in [5, 5.41) is 0. The number of ether oxygens (including phenoxy) is 4. The quantitative estimate of drug-likeness (QED) is 0.363. The molecule has 0 aromatic heterocycles. The van der Waals surface area contributed by atoms with E-state index in [-0.39, 0.29) is 13.6 Å². The molecule has 0 amide bonds. The number of hydrogen-bond acceptors (Lipinski definition) is 5. The lowest BCUT2D eigenvalue weighted by Gasteiger charge is -2.24. The zero-order valence-electron chi connectivity index (χ0n) is 18.3. The first-order valence-corrected chi connectivity index (χ1v) is 12.7. The molecule has 1 atom stereocenters. The van der Waals surface area contributed by atoms with Gasteiger partial charge in [-0.25, -0.2) is 0 Å². The fourth-order valence-corrected chi connectivity index (χ4v) is 4.26. The molecule has 1 aliphatic rings. The van der Waals surface area contributed by atoms with Crippen molar-refractivity contribution in [2.75, 3.05) is 27.8 Å². The van der Waals surface area contributed by atoms with Gasteiger partial charge < -0.3 is 23.4 Å². The lowest BCUT2D eigenvalue weighted by Crippen LogP contribution is -2.11. The third-order valence-corrected chi connectivity index (χ3v) is 5.70. The molecule has 0 heterocycles. The third kappa shape index (κ3) is 6.11. The SMILES string of the molecule is COCOc1ccc(C2=CCC(c3ccc(O[Si](C)C)cc3)CC2)c(OCOC)c1. The van der Waals surface area contributed by atoms with E-state index in [0.29, 0.717) is 11.7 Å². The molecule has 1 radical (unpaired) electrons. The fourth-order valence-electron chi connectivity index (χ4n) is 3.65. The molecule has 2 aromatic rings. The molecule has 1 aliphatic carbocycles. The van der Waals surface area contributed by atoms with Crippen molar-refractivity contribution in [3.8, 4) is 17.2 Å². The molecule has 5 nitrogen and oxygen atoms in total. The topological polar surface area (TPSA) is 46.2 Å². The highest BCUT2D eigenvalue weighted by Gasteiger charge is 2.20. The van der Waals surface area contributed by atoms with Crippen molar-refractivity contribution in [1.29, 1.82) is 0 Å². The molecule has 3 rings (SSSR count). The third-order valence-electron chi connectivity index (χ3n) is 5.06. The largest absolute Gasteiger partial charge is 0.543 e. The normalized spacial score (nSPS) is 16.3. The van der Waals surface area contributed by atoms with Crippen molar-refractivity contribution in [2.24, 2.45) is 0 Å². The number of benzene rings is 2. The molecule has 0 spiro atoms. The molecule has 30 heavy (non-hydrogen) atoms. The van der Waals surface area contributed by atoms with E-state index in [1.807, 2.05) is 12.1 Å². The van der Waals surface area contributed by atoms with E-state index in [1.165, 1.54) is 11.1 Å². The van der Waals surface area contributed by atoms with E-state index in [2.05, 4.69) is 49.5 Å². The van der Waals surface area contributed by atoms with Crippen LogP contribution in [0.25, 0.3) is 5.57 Å². The maximum absolute atomic E-state index is 5.86. The Balaban J connectivity index is 1.72. The average molecular weight is 428 g/mol. The van der Waals surface area contributed by atoms with Gasteiger partial charge in [-0.3, -0.25) is 0 Å². The minimum absolute atomic E-state index is 0.198. The summed E-state index contributed by atoms with van der Waals surface area (Å²) in [4.78, 5) is 0. The highest BCUT2D eigenvalue weighted by Crippen LogP contribution is 2.40. The second-order valence-electron chi connectivity index (χ2n) is 7.54. The van der Waals surface area contributed by atoms with Gasteiger partial charge in [0.15, 0.2) is 13.6 Å². The predicted molar refractivity (Wildman–Crippen MR) is 121 cm³/mol. The van der Waals surface area contributed by atoms with E-state index < -0.39 is 9.04 Å². The van der Waals surface area contributed by atoms with Gasteiger partial charge in [0.1, 0.15) is 17.2 Å². The molecule has 0 saturated heterocycles. The first kappa shape index (κ1) is 22.4. The first-order valence-electron chi connectivity index (χ1n) is 10.3. The van der Waals surface area contributed by atoms with E-state index in [4.69, 9.17) is 23.4 Å². The summed E-state index contributed by atoms with van der Waals surface area (Å²) < 4.78 is 27.3. The van der Waals surface area contributed by atoms with Gasteiger partial charge in [0.05, 0.1) is 0 Å². The summed E-state index contributed by atoms with van der Waals surface area (Å²) in [6.45, 7) is 4.69. The Morgan fingerprint density at radius 3 is 2.23 bits per heavy atom. The molecule has 6 heteroatoms. The maximum Gasteiger partial charge on any atom is 0.274 e. The standard InChI is InChI=1S/C24H31O5Si/c1-25-16-27-22-13-14-23(24(15-22)28-17-26-2)20-7-5-18(6-8-20)19-9-11-21(12-10-19)29-30(3)4/h7,9-15,18H,5-6,8,16-17H2,1-4H3. The second-order valence-corrected chi connectivity index (χ2v) is 9.56. The predicted octanol–water partition coefficient (Wildman–Crippen LogP) is 5.63. The van der Waals surface area contributed by atoms with Crippen LogP contribution in [0.1, 0.15) is 36.3 Å². The Morgan fingerprint density at radius 1 is 0.900 bits per heavy atom. The molecular formula is C24H31O5Si. The van der Waals surface area contributed by atoms with Crippen LogP contribution in [-0.4, -0.2) is 36.8 Å². The highest BCUT2D eigenvalue weighted by molar-refractivity contribution is 6.49. The summed E-state index contributed by atoms with van der Waals surface area (Å²) in [5.74, 6) is 2.99. The van der Waals surface area contributed by atoms with E-state index in [1.54, 1.807) is 14.2 Å². The van der Waals surface area contributed by atoms with Crippen molar-refractivity contribution < 1.29 is 23.4 Å². The molecule has 1 unspecified atom stereocenters. The van der Waals surface area contributed by atoms with Crippen molar-refractivity contribution >= 4 is 14.6 Å². The minimum Gasteiger partial charge on any atom is -0.543 e. The van der Waals surface area contributed by atoms with Crippen molar-refractivity contribution in [3.05, 3.63) is 59.7 Å². The first-order chi connectivity index (χ1) is 14.6. The Morgan fingerprint density at radius 2 is 1.60 bits per heavy atom. The van der Waals surface area contributed by atoms with E-state index in [0.717, 1.165) is 36.3 Å². The summed E-state index contributed by atoms with van der Waals surface area (Å²) in [7, 11) is 2.50. The lowest BCUT2D eigenvalue weighted by atomic mass is 9.82. The van der Waals surface area contributed by atoms with Crippen LogP contribution in [0.5, 0.6) is 17.2 Å². The van der Waals surface area contributed by atoms with Gasteiger partial charge in [-0.2, -0.15) is 0 Å². The Hall–Kier alpha value is -2.28. The molecule has 2 aromatic carbocycles. The molecule has 0 aliphatic heterocycles. The lowest BCUT2D eigenvalue weighted by molar-refractivity contribution is 0.0459. The van der Waals surface area contributed by atoms with Crippen LogP contribution in [0.4, 0.5) is 0 Å². The molecular weight excluding hydrogens is 396 g/mol. The Labute approximate surface area is 181 Å². The highest BCUT2D eigenvalue weighted by atomic mass is 28.3. The van der Waals surface area contributed by atoms with Gasteiger partial charge in [-0.1, -0.05) is 18.2 Å². The number of rotatable bonds is 10. The van der Waals surface area contributed by atoms with Gasteiger partial charge in [-0.15, -0.1) is 0 Å². The zero-order valence-corrected chi connectivity index (χ0v) is 19.3. The minimum atomic E-state index is -0.727. The molecule has 0 N–H and O–H groups in total. The van der Waals surface area contributed by atoms with Crippen molar-refractivity contribution in [1.82, 2.24) is 0 Å². The molecule has 0 saturated carbocycles. The molecule has 0 fully saturated rings. The van der Waals surface area contributed by atoms with Gasteiger partial charge in [0.2, 0.25) is 0 Å². The van der Waals surface area contributed by atoms with Crippen LogP contribution in [-0.2, 0) is 9.47 Å². The van der Waals surface area contributed by atoms with Crippen LogP contribution >= 0.6 is 0 Å². The van der Waals surface area contributed by atoms with Crippen LogP contribution < -0.4 is 13.9 Å². The van der Waals surface area contributed by atoms with Gasteiger partial charge in [0.25, 0.3) is 9.04 Å². The van der Waals surface area contributed by atoms with Gasteiger partial charge >= 0.3 is 0 Å². The zero-order chi connectivity index (χ0) is 21.3. The summed E-state index contributed by atoms with van der Waals surface area (Å²) in [5.41, 5.74) is 3.78. The van der Waals surface area contributed by atoms with Crippen molar-refractivity contribution in [2.45, 2.75) is 38.3 Å². The summed E-state index contributed by atoms with van der Waals surface area (Å²) in [6, 6.07) is 14.5. The van der Waals surface area contributed by atoms with E-state index >= 15 is 0 Å². The fraction of sp³-hybridized carbons (Fsp3) is 0.417. The van der Waals surface area contributed by atoms with Crippen LogP contribution in [0, 0.1) is 0 Å². The van der Waals surface area contributed by atoms with Gasteiger partial charge in [-0.05, 0) is 73.7 Å². The second kappa shape index (κ2) is 11.2. The summed E-state index contributed by atoms with van der Waals surface area (Å²) >= 11 is 0. The molecule has 161 valence electrons. The van der Waals surface area contributed by atoms with Crippen LogP contribution in [0.2, 0.25) is 13.1 Å². The monoisotopic (exact) mass is 427 g/mol. The smallest absolute Gasteiger partial charge is 0.274 e. The Bertz CT molecular complexity index is 832. The van der Waals surface area contributed by atoms with Crippen LogP contribution in [0.15, 0.2) is 48.5 Å². The van der Waals surface area contributed by atoms with Gasteiger partial charge in [0, 0.05) is 25.8 Å². The van der Waals surface area contributed by atoms with E-state index in [9.17, 15) is 0 Å². The average Bonchev–Trinajstić information content (AvgIpc) is 2.76. The maximum atomic E-state index is 5.86. The number of allylic oxidation sites excluding steroid dienone is 2. The number of hydrogen-bond donors (Lipinski definition) is 0.